The quantitative estimate of drug-likeness (QED) is 0.715. The maximum atomic E-state index is 5.71. The molecule has 0 N–H and O–H groups in total. The Bertz CT molecular complexity index is 328. The normalized spacial score (nSPS) is 15.7. The lowest BCUT2D eigenvalue weighted by Gasteiger charge is -2.10. The summed E-state index contributed by atoms with van der Waals surface area (Å²) in [4.78, 5) is 0. The SMILES string of the molecule is CC(C)Cc1ccc2c(c1)CCCCO2. The molecule has 0 saturated heterocycles. The Kier molecular flexibility index (Phi) is 3.30. The van der Waals surface area contributed by atoms with Gasteiger partial charge in [0.15, 0.2) is 0 Å². The van der Waals surface area contributed by atoms with Crippen LogP contribution in [-0.4, -0.2) is 6.61 Å². The first-order valence-corrected chi connectivity index (χ1v) is 6.00. The molecule has 15 heavy (non-hydrogen) atoms. The van der Waals surface area contributed by atoms with E-state index in [-0.39, 0.29) is 0 Å². The summed E-state index contributed by atoms with van der Waals surface area (Å²) < 4.78 is 5.71. The van der Waals surface area contributed by atoms with E-state index in [2.05, 4.69) is 32.0 Å². The standard InChI is InChI=1S/C14H20O/c1-11(2)9-12-6-7-14-13(10-12)5-3-4-8-15-14/h6-7,10-11H,3-5,8-9H2,1-2H3. The molecule has 0 fully saturated rings. The van der Waals surface area contributed by atoms with Gasteiger partial charge in [0.1, 0.15) is 5.75 Å². The lowest BCUT2D eigenvalue weighted by molar-refractivity contribution is 0.317. The van der Waals surface area contributed by atoms with E-state index >= 15 is 0 Å². The fraction of sp³-hybridized carbons (Fsp3) is 0.571. The van der Waals surface area contributed by atoms with Gasteiger partial charge in [-0.05, 0) is 48.8 Å². The van der Waals surface area contributed by atoms with E-state index in [0.717, 1.165) is 18.3 Å². The molecule has 0 unspecified atom stereocenters. The molecule has 0 aromatic heterocycles. The molecule has 0 radical (unpaired) electrons. The highest BCUT2D eigenvalue weighted by Gasteiger charge is 2.09. The summed E-state index contributed by atoms with van der Waals surface area (Å²) in [6, 6.07) is 6.70. The van der Waals surface area contributed by atoms with Crippen molar-refractivity contribution < 1.29 is 4.74 Å². The van der Waals surface area contributed by atoms with Crippen LogP contribution < -0.4 is 4.74 Å². The van der Waals surface area contributed by atoms with Crippen molar-refractivity contribution in [2.24, 2.45) is 5.92 Å². The summed E-state index contributed by atoms with van der Waals surface area (Å²) in [5, 5.41) is 0. The molecule has 1 aromatic carbocycles. The van der Waals surface area contributed by atoms with Gasteiger partial charge < -0.3 is 4.74 Å². The molecule has 0 saturated carbocycles. The van der Waals surface area contributed by atoms with Crippen molar-refractivity contribution in [2.45, 2.75) is 39.5 Å². The van der Waals surface area contributed by atoms with Gasteiger partial charge in [0, 0.05) is 0 Å². The van der Waals surface area contributed by atoms with Crippen molar-refractivity contribution in [3.05, 3.63) is 29.3 Å². The molecule has 82 valence electrons. The smallest absolute Gasteiger partial charge is 0.122 e. The van der Waals surface area contributed by atoms with Crippen LogP contribution in [-0.2, 0) is 12.8 Å². The molecular formula is C14H20O. The van der Waals surface area contributed by atoms with Gasteiger partial charge in [-0.25, -0.2) is 0 Å². The summed E-state index contributed by atoms with van der Waals surface area (Å²) in [5.74, 6) is 1.84. The molecule has 1 nitrogen and oxygen atoms in total. The van der Waals surface area contributed by atoms with Crippen LogP contribution in [0.1, 0.15) is 37.8 Å². The minimum atomic E-state index is 0.731. The van der Waals surface area contributed by atoms with E-state index < -0.39 is 0 Å². The summed E-state index contributed by atoms with van der Waals surface area (Å²) in [6.45, 7) is 5.42. The third-order valence-corrected chi connectivity index (χ3v) is 2.87. The predicted molar refractivity (Wildman–Crippen MR) is 63.4 cm³/mol. The fourth-order valence-corrected chi connectivity index (χ4v) is 2.17. The maximum absolute atomic E-state index is 5.71. The Balaban J connectivity index is 2.20. The zero-order valence-corrected chi connectivity index (χ0v) is 9.75. The van der Waals surface area contributed by atoms with Crippen LogP contribution in [0.4, 0.5) is 0 Å². The Morgan fingerprint density at radius 2 is 2.13 bits per heavy atom. The Morgan fingerprint density at radius 1 is 1.27 bits per heavy atom. The predicted octanol–water partition coefficient (Wildman–Crippen LogP) is 3.60. The van der Waals surface area contributed by atoms with Crippen molar-refractivity contribution in [2.75, 3.05) is 6.61 Å². The number of aryl methyl sites for hydroxylation is 1. The second kappa shape index (κ2) is 4.69. The summed E-state index contributed by atoms with van der Waals surface area (Å²) in [7, 11) is 0. The lowest BCUT2D eigenvalue weighted by Crippen LogP contribution is -1.98. The van der Waals surface area contributed by atoms with Crippen LogP contribution in [0, 0.1) is 5.92 Å². The number of fused-ring (bicyclic) bond motifs is 1. The van der Waals surface area contributed by atoms with Crippen molar-refractivity contribution >= 4 is 0 Å². The number of hydrogen-bond donors (Lipinski definition) is 0. The molecule has 1 aliphatic heterocycles. The summed E-state index contributed by atoms with van der Waals surface area (Å²) in [6.07, 6.45) is 4.81. The lowest BCUT2D eigenvalue weighted by atomic mass is 9.99. The highest BCUT2D eigenvalue weighted by molar-refractivity contribution is 5.38. The van der Waals surface area contributed by atoms with Gasteiger partial charge in [-0.3, -0.25) is 0 Å². The van der Waals surface area contributed by atoms with E-state index in [1.165, 1.54) is 36.8 Å². The zero-order valence-electron chi connectivity index (χ0n) is 9.75. The molecule has 1 heteroatoms. The first-order chi connectivity index (χ1) is 7.25. The van der Waals surface area contributed by atoms with Crippen LogP contribution >= 0.6 is 0 Å². The van der Waals surface area contributed by atoms with Gasteiger partial charge in [0.2, 0.25) is 0 Å². The zero-order chi connectivity index (χ0) is 10.7. The Labute approximate surface area is 92.5 Å². The third-order valence-electron chi connectivity index (χ3n) is 2.87. The van der Waals surface area contributed by atoms with E-state index in [4.69, 9.17) is 4.74 Å². The molecule has 1 aliphatic rings. The van der Waals surface area contributed by atoms with Gasteiger partial charge >= 0.3 is 0 Å². The largest absolute Gasteiger partial charge is 0.493 e. The molecule has 0 bridgehead atoms. The number of ether oxygens (including phenoxy) is 1. The van der Waals surface area contributed by atoms with Crippen molar-refractivity contribution in [3.8, 4) is 5.75 Å². The van der Waals surface area contributed by atoms with Gasteiger partial charge in [0.05, 0.1) is 6.61 Å². The van der Waals surface area contributed by atoms with Crippen LogP contribution in [0.5, 0.6) is 5.75 Å². The topological polar surface area (TPSA) is 9.23 Å². The van der Waals surface area contributed by atoms with E-state index in [0.29, 0.717) is 0 Å². The summed E-state index contributed by atoms with van der Waals surface area (Å²) >= 11 is 0. The monoisotopic (exact) mass is 204 g/mol. The first-order valence-electron chi connectivity index (χ1n) is 6.00. The minimum Gasteiger partial charge on any atom is -0.493 e. The van der Waals surface area contributed by atoms with Crippen LogP contribution in [0.15, 0.2) is 18.2 Å². The molecule has 0 spiro atoms. The minimum absolute atomic E-state index is 0.731. The average Bonchev–Trinajstić information content (AvgIpc) is 2.41. The summed E-state index contributed by atoms with van der Waals surface area (Å²) in [5.41, 5.74) is 2.86. The van der Waals surface area contributed by atoms with E-state index in [1.807, 2.05) is 0 Å². The van der Waals surface area contributed by atoms with Crippen LogP contribution in [0.25, 0.3) is 0 Å². The van der Waals surface area contributed by atoms with Crippen LogP contribution in [0.2, 0.25) is 0 Å². The fourth-order valence-electron chi connectivity index (χ4n) is 2.17. The van der Waals surface area contributed by atoms with Crippen molar-refractivity contribution in [1.82, 2.24) is 0 Å². The number of hydrogen-bond acceptors (Lipinski definition) is 1. The van der Waals surface area contributed by atoms with Gasteiger partial charge in [-0.15, -0.1) is 0 Å². The van der Waals surface area contributed by atoms with Gasteiger partial charge in [0.25, 0.3) is 0 Å². The van der Waals surface area contributed by atoms with Crippen molar-refractivity contribution in [1.29, 1.82) is 0 Å². The molecule has 0 amide bonds. The average molecular weight is 204 g/mol. The second-order valence-electron chi connectivity index (χ2n) is 4.85. The molecular weight excluding hydrogens is 184 g/mol. The Hall–Kier alpha value is -0.980. The van der Waals surface area contributed by atoms with Gasteiger partial charge in [-0.1, -0.05) is 26.0 Å². The maximum Gasteiger partial charge on any atom is 0.122 e. The van der Waals surface area contributed by atoms with Crippen molar-refractivity contribution in [3.63, 3.8) is 0 Å². The molecule has 0 aliphatic carbocycles. The molecule has 2 rings (SSSR count). The Morgan fingerprint density at radius 3 is 2.93 bits per heavy atom. The number of benzene rings is 1. The first kappa shape index (κ1) is 10.5. The highest BCUT2D eigenvalue weighted by Crippen LogP contribution is 2.26. The van der Waals surface area contributed by atoms with E-state index in [1.54, 1.807) is 0 Å². The third kappa shape index (κ3) is 2.74. The molecule has 1 heterocycles. The molecule has 1 aromatic rings. The molecule has 0 atom stereocenters. The van der Waals surface area contributed by atoms with E-state index in [9.17, 15) is 0 Å². The number of rotatable bonds is 2. The highest BCUT2D eigenvalue weighted by atomic mass is 16.5. The van der Waals surface area contributed by atoms with Gasteiger partial charge in [-0.2, -0.15) is 0 Å². The second-order valence-corrected chi connectivity index (χ2v) is 4.85. The van der Waals surface area contributed by atoms with Crippen LogP contribution in [0.3, 0.4) is 0 Å².